The van der Waals surface area contributed by atoms with Gasteiger partial charge in [0.1, 0.15) is 11.5 Å². The van der Waals surface area contributed by atoms with E-state index in [2.05, 4.69) is 4.99 Å². The number of likely N-dealkylation sites (N-methyl/N-ethyl adjacent to an activating group) is 1. The Balaban J connectivity index is 1.95. The normalized spacial score (nSPS) is 17.4. The van der Waals surface area contributed by atoms with Crippen LogP contribution in [0.2, 0.25) is 0 Å². The molecule has 5 nitrogen and oxygen atoms in total. The van der Waals surface area contributed by atoms with E-state index >= 15 is 0 Å². The van der Waals surface area contributed by atoms with Gasteiger partial charge in [0.2, 0.25) is 0 Å². The van der Waals surface area contributed by atoms with E-state index in [0.717, 1.165) is 11.3 Å². The molecule has 2 aromatic carbocycles. The molecular formula is C19H18N2O3S. The van der Waals surface area contributed by atoms with Crippen LogP contribution in [0.4, 0.5) is 5.69 Å². The molecule has 1 heterocycles. The zero-order chi connectivity index (χ0) is 17.8. The first kappa shape index (κ1) is 17.1. The summed E-state index contributed by atoms with van der Waals surface area (Å²) < 4.78 is 10.6. The molecule has 25 heavy (non-hydrogen) atoms. The number of methoxy groups -OCH3 is 2. The van der Waals surface area contributed by atoms with Crippen LogP contribution in [0.5, 0.6) is 11.5 Å². The van der Waals surface area contributed by atoms with Crippen molar-refractivity contribution < 1.29 is 14.3 Å². The van der Waals surface area contributed by atoms with Gasteiger partial charge in [-0.15, -0.1) is 0 Å². The molecule has 2 aromatic rings. The lowest BCUT2D eigenvalue weighted by molar-refractivity contribution is -0.121. The van der Waals surface area contributed by atoms with Crippen molar-refractivity contribution in [2.75, 3.05) is 21.3 Å². The predicted molar refractivity (Wildman–Crippen MR) is 101 cm³/mol. The maximum atomic E-state index is 12.5. The third-order valence-corrected chi connectivity index (χ3v) is 4.77. The van der Waals surface area contributed by atoms with E-state index in [9.17, 15) is 4.79 Å². The third kappa shape index (κ3) is 3.69. The van der Waals surface area contributed by atoms with Gasteiger partial charge in [-0.05, 0) is 48.2 Å². The molecule has 0 N–H and O–H groups in total. The van der Waals surface area contributed by atoms with Crippen LogP contribution < -0.4 is 9.47 Å². The largest absolute Gasteiger partial charge is 0.497 e. The van der Waals surface area contributed by atoms with Crippen molar-refractivity contribution in [1.29, 1.82) is 0 Å². The van der Waals surface area contributed by atoms with Gasteiger partial charge in [-0.3, -0.25) is 9.69 Å². The summed E-state index contributed by atoms with van der Waals surface area (Å²) in [5.41, 5.74) is 1.59. The highest BCUT2D eigenvalue weighted by Gasteiger charge is 2.30. The van der Waals surface area contributed by atoms with Gasteiger partial charge < -0.3 is 9.47 Å². The van der Waals surface area contributed by atoms with Crippen molar-refractivity contribution in [2.45, 2.75) is 0 Å². The van der Waals surface area contributed by atoms with Crippen molar-refractivity contribution in [2.24, 2.45) is 4.99 Å². The zero-order valence-electron chi connectivity index (χ0n) is 14.2. The fourth-order valence-electron chi connectivity index (χ4n) is 2.36. The Bertz CT molecular complexity index is 847. The highest BCUT2D eigenvalue weighted by atomic mass is 32.2. The molecule has 0 atom stereocenters. The minimum Gasteiger partial charge on any atom is -0.497 e. The molecule has 128 valence electrons. The summed E-state index contributed by atoms with van der Waals surface area (Å²) in [6, 6.07) is 15.0. The van der Waals surface area contributed by atoms with E-state index in [-0.39, 0.29) is 5.91 Å². The molecule has 1 amide bonds. The second-order valence-corrected chi connectivity index (χ2v) is 6.32. The van der Waals surface area contributed by atoms with Gasteiger partial charge in [-0.2, -0.15) is 0 Å². The molecule has 1 fully saturated rings. The van der Waals surface area contributed by atoms with Crippen molar-refractivity contribution in [3.8, 4) is 11.5 Å². The second kappa shape index (κ2) is 7.44. The molecule has 0 unspecified atom stereocenters. The average molecular weight is 354 g/mol. The summed E-state index contributed by atoms with van der Waals surface area (Å²) in [5.74, 6) is 1.29. The number of benzene rings is 2. The van der Waals surface area contributed by atoms with Crippen molar-refractivity contribution >= 4 is 34.6 Å². The van der Waals surface area contributed by atoms with Crippen molar-refractivity contribution in [3.05, 3.63) is 59.0 Å². The third-order valence-electron chi connectivity index (χ3n) is 3.71. The molecule has 0 spiro atoms. The summed E-state index contributed by atoms with van der Waals surface area (Å²) in [6.07, 6.45) is 1.80. The van der Waals surface area contributed by atoms with Gasteiger partial charge in [0.15, 0.2) is 5.17 Å². The number of rotatable bonds is 4. The number of amidine groups is 1. The SMILES string of the molecule is COc1ccc(OC)c(/C=C2\SC(=Nc3ccccc3)N(C)C2=O)c1. The fourth-order valence-corrected chi connectivity index (χ4v) is 3.34. The summed E-state index contributed by atoms with van der Waals surface area (Å²) in [4.78, 5) is 19.2. The van der Waals surface area contributed by atoms with Crippen LogP contribution in [0, 0.1) is 0 Å². The van der Waals surface area contributed by atoms with Gasteiger partial charge in [0.25, 0.3) is 5.91 Å². The summed E-state index contributed by atoms with van der Waals surface area (Å²) in [7, 11) is 4.93. The first-order valence-corrected chi connectivity index (χ1v) is 8.47. The Hall–Kier alpha value is -2.73. The zero-order valence-corrected chi connectivity index (χ0v) is 15.0. The Kier molecular flexibility index (Phi) is 5.09. The van der Waals surface area contributed by atoms with Gasteiger partial charge >= 0.3 is 0 Å². The Morgan fingerprint density at radius 2 is 1.84 bits per heavy atom. The number of ether oxygens (including phenoxy) is 2. The van der Waals surface area contributed by atoms with E-state index in [4.69, 9.17) is 9.47 Å². The van der Waals surface area contributed by atoms with Gasteiger partial charge in [-0.25, -0.2) is 4.99 Å². The maximum Gasteiger partial charge on any atom is 0.266 e. The molecule has 1 aliphatic heterocycles. The van der Waals surface area contributed by atoms with Gasteiger partial charge in [0.05, 0.1) is 24.8 Å². The van der Waals surface area contributed by atoms with Crippen molar-refractivity contribution in [1.82, 2.24) is 4.90 Å². The van der Waals surface area contributed by atoms with E-state index in [1.54, 1.807) is 32.2 Å². The van der Waals surface area contributed by atoms with Crippen LogP contribution in [0.25, 0.3) is 6.08 Å². The van der Waals surface area contributed by atoms with Gasteiger partial charge in [0, 0.05) is 12.6 Å². The first-order chi connectivity index (χ1) is 12.1. The number of carbonyl (C=O) groups excluding carboxylic acids is 1. The van der Waals surface area contributed by atoms with E-state index in [1.807, 2.05) is 48.5 Å². The van der Waals surface area contributed by atoms with Gasteiger partial charge in [-0.1, -0.05) is 18.2 Å². The lowest BCUT2D eigenvalue weighted by Gasteiger charge is -2.08. The van der Waals surface area contributed by atoms with Crippen LogP contribution in [-0.4, -0.2) is 37.2 Å². The lowest BCUT2D eigenvalue weighted by Crippen LogP contribution is -2.23. The van der Waals surface area contributed by atoms with Crippen LogP contribution in [0.15, 0.2) is 58.4 Å². The molecule has 1 saturated heterocycles. The maximum absolute atomic E-state index is 12.5. The molecule has 0 radical (unpaired) electrons. The first-order valence-electron chi connectivity index (χ1n) is 7.65. The number of hydrogen-bond acceptors (Lipinski definition) is 5. The van der Waals surface area contributed by atoms with Crippen molar-refractivity contribution in [3.63, 3.8) is 0 Å². The van der Waals surface area contributed by atoms with E-state index in [1.165, 1.54) is 11.8 Å². The van der Waals surface area contributed by atoms with E-state index in [0.29, 0.717) is 21.6 Å². The topological polar surface area (TPSA) is 51.1 Å². The average Bonchev–Trinajstić information content (AvgIpc) is 2.90. The highest BCUT2D eigenvalue weighted by molar-refractivity contribution is 8.18. The van der Waals surface area contributed by atoms with Crippen LogP contribution >= 0.6 is 11.8 Å². The Morgan fingerprint density at radius 3 is 2.52 bits per heavy atom. The minimum atomic E-state index is -0.0930. The Labute approximate surface area is 151 Å². The summed E-state index contributed by atoms with van der Waals surface area (Å²) in [5, 5.41) is 0.643. The van der Waals surface area contributed by atoms with Crippen LogP contribution in [0.3, 0.4) is 0 Å². The standard InChI is InChI=1S/C19H18N2O3S/c1-21-18(22)17(25-19(21)20-14-7-5-4-6-8-14)12-13-11-15(23-2)9-10-16(13)24-3/h4-12H,1-3H3/b17-12-,20-19?. The quantitative estimate of drug-likeness (QED) is 0.781. The highest BCUT2D eigenvalue weighted by Crippen LogP contribution is 2.35. The number of amides is 1. The number of hydrogen-bond donors (Lipinski definition) is 0. The lowest BCUT2D eigenvalue weighted by atomic mass is 10.1. The molecule has 0 bridgehead atoms. The number of para-hydroxylation sites is 1. The minimum absolute atomic E-state index is 0.0930. The molecule has 6 heteroatoms. The van der Waals surface area contributed by atoms with Crippen LogP contribution in [0.1, 0.15) is 5.56 Å². The Morgan fingerprint density at radius 1 is 1.08 bits per heavy atom. The molecule has 3 rings (SSSR count). The second-order valence-electron chi connectivity index (χ2n) is 5.31. The molecule has 1 aliphatic rings. The smallest absolute Gasteiger partial charge is 0.266 e. The number of thioether (sulfide) groups is 1. The fraction of sp³-hybridized carbons (Fsp3) is 0.158. The monoisotopic (exact) mass is 354 g/mol. The molecular weight excluding hydrogens is 336 g/mol. The summed E-state index contributed by atoms with van der Waals surface area (Å²) in [6.45, 7) is 0. The predicted octanol–water partition coefficient (Wildman–Crippen LogP) is 3.94. The number of carbonyl (C=O) groups is 1. The van der Waals surface area contributed by atoms with E-state index < -0.39 is 0 Å². The molecule has 0 aromatic heterocycles. The van der Waals surface area contributed by atoms with Crippen LogP contribution in [-0.2, 0) is 4.79 Å². The molecule has 0 saturated carbocycles. The number of nitrogens with zero attached hydrogens (tertiary/aromatic N) is 2. The summed E-state index contributed by atoms with van der Waals surface area (Å²) >= 11 is 1.34. The molecule has 0 aliphatic carbocycles. The number of aliphatic imine (C=N–C) groups is 1.